The Morgan fingerprint density at radius 3 is 2.19 bits per heavy atom. The molecular weight excluding hydrogens is 396 g/mol. The lowest BCUT2D eigenvalue weighted by atomic mass is 10.2. The summed E-state index contributed by atoms with van der Waals surface area (Å²) < 4.78 is 10.7. The molecule has 0 aliphatic carbocycles. The van der Waals surface area contributed by atoms with Crippen LogP contribution in [0.2, 0.25) is 0 Å². The Morgan fingerprint density at radius 1 is 0.871 bits per heavy atom. The molecule has 0 unspecified atom stereocenters. The zero-order valence-corrected chi connectivity index (χ0v) is 16.9. The Kier molecular flexibility index (Phi) is 5.53. The molecule has 1 amide bonds. The molecule has 3 N–H and O–H groups in total. The zero-order chi connectivity index (χ0) is 21.8. The van der Waals surface area contributed by atoms with Gasteiger partial charge in [-0.25, -0.2) is 9.97 Å². The molecule has 8 nitrogen and oxygen atoms in total. The van der Waals surface area contributed by atoms with Gasteiger partial charge < -0.3 is 25.2 Å². The van der Waals surface area contributed by atoms with E-state index < -0.39 is 0 Å². The molecule has 4 rings (SSSR count). The van der Waals surface area contributed by atoms with Gasteiger partial charge in [-0.1, -0.05) is 0 Å². The van der Waals surface area contributed by atoms with E-state index in [2.05, 4.69) is 20.6 Å². The number of methoxy groups -OCH3 is 2. The second-order valence-electron chi connectivity index (χ2n) is 6.65. The molecule has 0 saturated carbocycles. The van der Waals surface area contributed by atoms with E-state index in [1.165, 1.54) is 18.5 Å². The lowest BCUT2D eigenvalue weighted by Crippen LogP contribution is -2.11. The largest absolute Gasteiger partial charge is 0.508 e. The molecule has 0 aliphatic rings. The highest BCUT2D eigenvalue weighted by Gasteiger charge is 2.11. The molecule has 3 aromatic carbocycles. The van der Waals surface area contributed by atoms with Crippen molar-refractivity contribution in [3.8, 4) is 17.2 Å². The predicted octanol–water partition coefficient (Wildman–Crippen LogP) is 4.35. The van der Waals surface area contributed by atoms with Crippen molar-refractivity contribution < 1.29 is 19.4 Å². The van der Waals surface area contributed by atoms with E-state index in [0.29, 0.717) is 34.1 Å². The Balaban J connectivity index is 1.53. The number of carbonyl (C=O) groups is 1. The van der Waals surface area contributed by atoms with Gasteiger partial charge in [0.25, 0.3) is 5.91 Å². The molecule has 0 aliphatic heterocycles. The maximum Gasteiger partial charge on any atom is 0.255 e. The van der Waals surface area contributed by atoms with E-state index in [4.69, 9.17) is 9.47 Å². The molecule has 156 valence electrons. The highest BCUT2D eigenvalue weighted by molar-refractivity contribution is 6.04. The molecule has 0 radical (unpaired) electrons. The number of hydrogen-bond acceptors (Lipinski definition) is 7. The van der Waals surface area contributed by atoms with Crippen LogP contribution in [0.1, 0.15) is 10.4 Å². The fourth-order valence-electron chi connectivity index (χ4n) is 3.07. The lowest BCUT2D eigenvalue weighted by Gasteiger charge is -2.12. The first-order valence-corrected chi connectivity index (χ1v) is 9.41. The number of benzene rings is 3. The van der Waals surface area contributed by atoms with Crippen molar-refractivity contribution in [2.45, 2.75) is 0 Å². The van der Waals surface area contributed by atoms with Crippen LogP contribution in [-0.2, 0) is 0 Å². The quantitative estimate of drug-likeness (QED) is 0.429. The number of carbonyl (C=O) groups excluding carboxylic acids is 1. The van der Waals surface area contributed by atoms with Crippen LogP contribution in [0.3, 0.4) is 0 Å². The van der Waals surface area contributed by atoms with E-state index in [9.17, 15) is 9.90 Å². The second-order valence-corrected chi connectivity index (χ2v) is 6.65. The number of aromatic hydroxyl groups is 1. The van der Waals surface area contributed by atoms with Crippen LogP contribution in [-0.4, -0.2) is 35.2 Å². The van der Waals surface area contributed by atoms with Gasteiger partial charge in [-0.15, -0.1) is 0 Å². The van der Waals surface area contributed by atoms with Crippen molar-refractivity contribution in [1.82, 2.24) is 9.97 Å². The third kappa shape index (κ3) is 4.32. The lowest BCUT2D eigenvalue weighted by molar-refractivity contribution is 0.102. The number of phenols is 1. The van der Waals surface area contributed by atoms with Gasteiger partial charge in [0.1, 0.15) is 17.9 Å². The number of anilines is 3. The first-order chi connectivity index (χ1) is 15.1. The van der Waals surface area contributed by atoms with E-state index in [0.717, 1.165) is 11.1 Å². The van der Waals surface area contributed by atoms with E-state index in [-0.39, 0.29) is 11.7 Å². The van der Waals surface area contributed by atoms with Crippen molar-refractivity contribution in [2.75, 3.05) is 24.9 Å². The van der Waals surface area contributed by atoms with Crippen LogP contribution in [0.15, 0.2) is 67.0 Å². The van der Waals surface area contributed by atoms with Crippen LogP contribution in [0, 0.1) is 0 Å². The average Bonchev–Trinajstić information content (AvgIpc) is 2.80. The van der Waals surface area contributed by atoms with Gasteiger partial charge >= 0.3 is 0 Å². The summed E-state index contributed by atoms with van der Waals surface area (Å²) in [6.45, 7) is 0. The summed E-state index contributed by atoms with van der Waals surface area (Å²) in [5.41, 5.74) is 2.60. The molecule has 31 heavy (non-hydrogen) atoms. The van der Waals surface area contributed by atoms with Crippen LogP contribution in [0.5, 0.6) is 17.2 Å². The third-order valence-electron chi connectivity index (χ3n) is 4.68. The number of hydrogen-bond donors (Lipinski definition) is 3. The van der Waals surface area contributed by atoms with Gasteiger partial charge in [-0.2, -0.15) is 0 Å². The average molecular weight is 416 g/mol. The van der Waals surface area contributed by atoms with Crippen molar-refractivity contribution in [1.29, 1.82) is 0 Å². The Labute approximate surface area is 178 Å². The topological polar surface area (TPSA) is 106 Å². The van der Waals surface area contributed by atoms with Gasteiger partial charge in [-0.05, 0) is 54.6 Å². The molecular formula is C23H20N4O4. The van der Waals surface area contributed by atoms with Gasteiger partial charge in [0, 0.05) is 28.4 Å². The fraction of sp³-hybridized carbons (Fsp3) is 0.0870. The first kappa shape index (κ1) is 20.0. The number of nitrogens with zero attached hydrogens (tertiary/aromatic N) is 2. The molecule has 1 heterocycles. The summed E-state index contributed by atoms with van der Waals surface area (Å²) in [5.74, 6) is 1.64. The number of rotatable bonds is 6. The second kappa shape index (κ2) is 8.58. The van der Waals surface area contributed by atoms with Gasteiger partial charge in [-0.3, -0.25) is 4.79 Å². The summed E-state index contributed by atoms with van der Waals surface area (Å²) in [7, 11) is 3.15. The monoisotopic (exact) mass is 416 g/mol. The van der Waals surface area contributed by atoms with Crippen molar-refractivity contribution >= 4 is 34.0 Å². The van der Waals surface area contributed by atoms with Crippen LogP contribution in [0.25, 0.3) is 10.9 Å². The Morgan fingerprint density at radius 2 is 1.52 bits per heavy atom. The van der Waals surface area contributed by atoms with E-state index in [1.54, 1.807) is 44.6 Å². The minimum absolute atomic E-state index is 0.111. The highest BCUT2D eigenvalue weighted by atomic mass is 16.5. The first-order valence-electron chi connectivity index (χ1n) is 9.41. The zero-order valence-electron chi connectivity index (χ0n) is 16.9. The maximum absolute atomic E-state index is 12.3. The van der Waals surface area contributed by atoms with Crippen molar-refractivity contribution in [3.05, 3.63) is 72.6 Å². The molecule has 0 bridgehead atoms. The molecule has 0 fully saturated rings. The highest BCUT2D eigenvalue weighted by Crippen LogP contribution is 2.34. The summed E-state index contributed by atoms with van der Waals surface area (Å²) in [6, 6.07) is 16.9. The number of nitrogens with one attached hydrogen (secondary N) is 2. The fourth-order valence-corrected chi connectivity index (χ4v) is 3.07. The minimum atomic E-state index is -0.261. The Bertz CT molecular complexity index is 1230. The minimum Gasteiger partial charge on any atom is -0.508 e. The van der Waals surface area contributed by atoms with E-state index >= 15 is 0 Å². The number of ether oxygens (including phenoxy) is 2. The van der Waals surface area contributed by atoms with Gasteiger partial charge in [0.15, 0.2) is 11.5 Å². The van der Waals surface area contributed by atoms with Crippen LogP contribution >= 0.6 is 0 Å². The normalized spacial score (nSPS) is 10.5. The van der Waals surface area contributed by atoms with Gasteiger partial charge in [0.05, 0.1) is 19.7 Å². The Hall–Kier alpha value is -4.33. The van der Waals surface area contributed by atoms with Crippen molar-refractivity contribution in [2.24, 2.45) is 0 Å². The smallest absolute Gasteiger partial charge is 0.255 e. The van der Waals surface area contributed by atoms with Crippen molar-refractivity contribution in [3.63, 3.8) is 0 Å². The molecule has 0 spiro atoms. The standard InChI is InChI=1S/C23H20N4O4/c1-30-20-11-18-19(12-21(20)31-2)24-13-25-22(18)26-15-5-7-16(8-6-15)27-23(29)14-3-9-17(28)10-4-14/h3-13,28H,1-2H3,(H,27,29)(H,24,25,26). The number of amides is 1. The van der Waals surface area contributed by atoms with Crippen LogP contribution < -0.4 is 20.1 Å². The molecule has 0 atom stereocenters. The number of fused-ring (bicyclic) bond motifs is 1. The SMILES string of the molecule is COc1cc2ncnc(Nc3ccc(NC(=O)c4ccc(O)cc4)cc3)c2cc1OC. The number of aromatic nitrogens is 2. The molecule has 4 aromatic rings. The maximum atomic E-state index is 12.3. The van der Waals surface area contributed by atoms with E-state index in [1.807, 2.05) is 18.2 Å². The van der Waals surface area contributed by atoms with Crippen LogP contribution in [0.4, 0.5) is 17.2 Å². The molecule has 0 saturated heterocycles. The molecule has 1 aromatic heterocycles. The summed E-state index contributed by atoms with van der Waals surface area (Å²) >= 11 is 0. The predicted molar refractivity (Wildman–Crippen MR) is 118 cm³/mol. The third-order valence-corrected chi connectivity index (χ3v) is 4.68. The summed E-state index contributed by atoms with van der Waals surface area (Å²) in [5, 5.41) is 16.2. The summed E-state index contributed by atoms with van der Waals surface area (Å²) in [6.07, 6.45) is 1.48. The van der Waals surface area contributed by atoms with Gasteiger partial charge in [0.2, 0.25) is 0 Å². The summed E-state index contributed by atoms with van der Waals surface area (Å²) in [4.78, 5) is 21.0. The number of phenolic OH excluding ortho intramolecular Hbond substituents is 1. The molecule has 8 heteroatoms.